The molecule has 0 saturated heterocycles. The van der Waals surface area contributed by atoms with E-state index in [0.29, 0.717) is 0 Å². The summed E-state index contributed by atoms with van der Waals surface area (Å²) in [6, 6.07) is 84.9. The number of nitrogens with zero attached hydrogens (tertiary/aromatic N) is 2. The van der Waals surface area contributed by atoms with Gasteiger partial charge >= 0.3 is 0 Å². The molecule has 11 aromatic rings. The van der Waals surface area contributed by atoms with Crippen LogP contribution in [0.4, 0.5) is 34.1 Å². The van der Waals surface area contributed by atoms with E-state index >= 15 is 0 Å². The Morgan fingerprint density at radius 1 is 0.353 bits per heavy atom. The molecule has 0 unspecified atom stereocenters. The molecule has 4 heteroatoms. The minimum absolute atomic E-state index is 0.207. The average Bonchev–Trinajstić information content (AvgIpc) is 3.98. The smallest absolute Gasteiger partial charge is 0.132 e. The van der Waals surface area contributed by atoms with Gasteiger partial charge in [-0.1, -0.05) is 159 Å². The molecule has 0 bridgehead atoms. The van der Waals surface area contributed by atoms with E-state index < -0.39 is 5.41 Å². The van der Waals surface area contributed by atoms with E-state index in [1.165, 1.54) is 70.4 Å². The largest absolute Gasteiger partial charge is 0.457 e. The van der Waals surface area contributed by atoms with Gasteiger partial charge < -0.3 is 14.5 Å². The summed E-state index contributed by atoms with van der Waals surface area (Å²) in [6.45, 7) is 4.75. The van der Waals surface area contributed by atoms with Crippen molar-refractivity contribution in [3.63, 3.8) is 0 Å². The summed E-state index contributed by atoms with van der Waals surface area (Å²) in [6.07, 6.45) is 0. The highest BCUT2D eigenvalue weighted by Gasteiger charge is 2.51. The summed E-state index contributed by atoms with van der Waals surface area (Å²) < 4.78 is 9.24. The van der Waals surface area contributed by atoms with Gasteiger partial charge in [-0.2, -0.15) is 0 Å². The van der Waals surface area contributed by atoms with Crippen molar-refractivity contribution in [1.29, 1.82) is 0 Å². The highest BCUT2D eigenvalue weighted by molar-refractivity contribution is 7.25. The summed E-state index contributed by atoms with van der Waals surface area (Å²) in [4.78, 5) is 4.93. The third-order valence-electron chi connectivity index (χ3n) is 14.9. The van der Waals surface area contributed by atoms with Crippen molar-refractivity contribution in [1.82, 2.24) is 0 Å². The Bertz CT molecular complexity index is 3800. The van der Waals surface area contributed by atoms with Crippen LogP contribution in [0, 0.1) is 0 Å². The maximum absolute atomic E-state index is 6.67. The molecule has 2 aliphatic carbocycles. The van der Waals surface area contributed by atoms with Gasteiger partial charge in [-0.25, -0.2) is 0 Å². The van der Waals surface area contributed by atoms with Crippen LogP contribution in [0.5, 0.6) is 11.5 Å². The van der Waals surface area contributed by atoms with E-state index in [4.69, 9.17) is 4.74 Å². The van der Waals surface area contributed by atoms with Crippen molar-refractivity contribution < 1.29 is 4.74 Å². The first-order chi connectivity index (χ1) is 33.5. The molecule has 1 aliphatic heterocycles. The Labute approximate surface area is 400 Å². The lowest BCUT2D eigenvalue weighted by Crippen LogP contribution is -2.32. The quantitative estimate of drug-likeness (QED) is 0.165. The molecule has 3 nitrogen and oxygen atoms in total. The van der Waals surface area contributed by atoms with Crippen LogP contribution < -0.4 is 14.5 Å². The van der Waals surface area contributed by atoms with Gasteiger partial charge in [-0.15, -0.1) is 11.3 Å². The van der Waals surface area contributed by atoms with Crippen molar-refractivity contribution >= 4 is 65.6 Å². The molecule has 0 saturated carbocycles. The van der Waals surface area contributed by atoms with Crippen LogP contribution in [-0.2, 0) is 10.8 Å². The van der Waals surface area contributed by atoms with Crippen LogP contribution in [0.3, 0.4) is 0 Å². The topological polar surface area (TPSA) is 15.7 Å². The number of rotatable bonds is 6. The minimum atomic E-state index is -0.547. The van der Waals surface area contributed by atoms with E-state index in [2.05, 4.69) is 254 Å². The van der Waals surface area contributed by atoms with Crippen molar-refractivity contribution in [2.45, 2.75) is 24.7 Å². The lowest BCUT2D eigenvalue weighted by molar-refractivity contribution is 0.436. The average molecular weight is 889 g/mol. The monoisotopic (exact) mass is 888 g/mol. The lowest BCUT2D eigenvalue weighted by atomic mass is 9.66. The van der Waals surface area contributed by atoms with Gasteiger partial charge in [0, 0.05) is 65.2 Å². The van der Waals surface area contributed by atoms with Gasteiger partial charge in [-0.05, 0) is 129 Å². The molecule has 14 rings (SSSR count). The molecule has 68 heavy (non-hydrogen) atoms. The van der Waals surface area contributed by atoms with Crippen LogP contribution in [0.2, 0.25) is 0 Å². The zero-order valence-corrected chi connectivity index (χ0v) is 38.5. The zero-order chi connectivity index (χ0) is 45.1. The predicted molar refractivity (Wildman–Crippen MR) is 284 cm³/mol. The van der Waals surface area contributed by atoms with Crippen LogP contribution in [0.25, 0.3) is 42.4 Å². The molecule has 0 radical (unpaired) electrons. The number of anilines is 6. The molecular formula is C64H44N2OS. The van der Waals surface area contributed by atoms with Crippen LogP contribution in [0.15, 0.2) is 231 Å². The normalized spacial score (nSPS) is 14.1. The molecule has 0 amide bonds. The molecule has 1 aromatic heterocycles. The minimum Gasteiger partial charge on any atom is -0.457 e. The van der Waals surface area contributed by atoms with Crippen molar-refractivity contribution in [3.05, 3.63) is 264 Å². The Morgan fingerprint density at radius 3 is 1.66 bits per heavy atom. The first kappa shape index (κ1) is 39.0. The molecule has 2 heterocycles. The van der Waals surface area contributed by atoms with Gasteiger partial charge in [0.1, 0.15) is 11.5 Å². The number of ether oxygens (including phenoxy) is 1. The number of benzene rings is 10. The Kier molecular flexibility index (Phi) is 8.41. The van der Waals surface area contributed by atoms with Crippen molar-refractivity contribution in [3.8, 4) is 33.8 Å². The number of thiophene rings is 1. The van der Waals surface area contributed by atoms with Crippen molar-refractivity contribution in [2.24, 2.45) is 0 Å². The van der Waals surface area contributed by atoms with Crippen molar-refractivity contribution in [2.75, 3.05) is 9.80 Å². The Balaban J connectivity index is 1.00. The second kappa shape index (κ2) is 14.7. The van der Waals surface area contributed by atoms with E-state index in [9.17, 15) is 0 Å². The summed E-state index contributed by atoms with van der Waals surface area (Å²) >= 11 is 1.85. The van der Waals surface area contributed by atoms with Gasteiger partial charge in [-0.3, -0.25) is 0 Å². The second-order valence-electron chi connectivity index (χ2n) is 18.8. The van der Waals surface area contributed by atoms with Crippen LogP contribution in [-0.4, -0.2) is 0 Å². The first-order valence-electron chi connectivity index (χ1n) is 23.5. The highest BCUT2D eigenvalue weighted by Crippen LogP contribution is 2.63. The summed E-state index contributed by atoms with van der Waals surface area (Å²) in [7, 11) is 0. The van der Waals surface area contributed by atoms with Crippen LogP contribution >= 0.6 is 11.3 Å². The number of hydrogen-bond acceptors (Lipinski definition) is 4. The standard InChI is InChI=1S/C64H44N2OS/c1-63(2)52-26-9-6-22-46(52)49-25-17-30-57(62(49)63)66(41-18-4-3-5-19-41)43-21-16-20-42(38-43)65(45-35-37-61-51(40-45)48-24-8-15-33-60(48)68-61)44-34-36-54-50(39-44)47-23-7-10-27-53(47)64(54)55-28-11-13-31-58(55)67-59-32-14-12-29-56(59)64/h3-40H,1-2H3. The predicted octanol–water partition coefficient (Wildman–Crippen LogP) is 17.8. The van der Waals surface area contributed by atoms with E-state index in [-0.39, 0.29) is 5.41 Å². The molecule has 0 atom stereocenters. The molecule has 10 aromatic carbocycles. The summed E-state index contributed by atoms with van der Waals surface area (Å²) in [5, 5.41) is 2.54. The fourth-order valence-electron chi connectivity index (χ4n) is 12.1. The molecule has 3 aliphatic rings. The summed E-state index contributed by atoms with van der Waals surface area (Å²) in [5.41, 5.74) is 18.5. The van der Waals surface area contributed by atoms with Gasteiger partial charge in [0.15, 0.2) is 0 Å². The molecule has 0 fully saturated rings. The highest BCUT2D eigenvalue weighted by atomic mass is 32.1. The number of para-hydroxylation sites is 3. The summed E-state index contributed by atoms with van der Waals surface area (Å²) in [5.74, 6) is 1.79. The number of fused-ring (bicyclic) bond motifs is 15. The van der Waals surface area contributed by atoms with Gasteiger partial charge in [0.05, 0.1) is 11.1 Å². The molecule has 1 spiro atoms. The lowest BCUT2D eigenvalue weighted by Gasteiger charge is -2.39. The maximum Gasteiger partial charge on any atom is 0.132 e. The molecule has 0 N–H and O–H groups in total. The first-order valence-corrected chi connectivity index (χ1v) is 24.3. The second-order valence-corrected chi connectivity index (χ2v) is 19.9. The van der Waals surface area contributed by atoms with E-state index in [1.807, 2.05) is 11.3 Å². The SMILES string of the molecule is CC1(C)c2ccccc2-c2cccc(N(c3ccccc3)c3cccc(N(c4ccc5c(c4)-c4ccccc4C54c5ccccc5Oc5ccccc54)c4ccc5sc6ccccc6c5c4)c3)c21. The third-order valence-corrected chi connectivity index (χ3v) is 16.0. The number of hydrogen-bond donors (Lipinski definition) is 0. The molecule has 322 valence electrons. The Hall–Kier alpha value is -8.18. The third kappa shape index (κ3) is 5.46. The molecular weight excluding hydrogens is 845 g/mol. The van der Waals surface area contributed by atoms with Crippen LogP contribution in [0.1, 0.15) is 47.2 Å². The van der Waals surface area contributed by atoms with E-state index in [1.54, 1.807) is 0 Å². The zero-order valence-electron chi connectivity index (χ0n) is 37.7. The van der Waals surface area contributed by atoms with Gasteiger partial charge in [0.2, 0.25) is 0 Å². The van der Waals surface area contributed by atoms with E-state index in [0.717, 1.165) is 51.1 Å². The maximum atomic E-state index is 6.67. The Morgan fingerprint density at radius 2 is 0.882 bits per heavy atom. The van der Waals surface area contributed by atoms with Gasteiger partial charge in [0.25, 0.3) is 0 Å². The fraction of sp³-hybridized carbons (Fsp3) is 0.0625. The fourth-order valence-corrected chi connectivity index (χ4v) is 13.2.